The second-order valence-corrected chi connectivity index (χ2v) is 6.31. The Morgan fingerprint density at radius 2 is 2.10 bits per heavy atom. The fraction of sp³-hybridized carbons (Fsp3) is 0.267. The molecule has 1 amide bonds. The summed E-state index contributed by atoms with van der Waals surface area (Å²) in [4.78, 5) is 12.9. The lowest BCUT2D eigenvalue weighted by Crippen LogP contribution is -2.26. The number of anilines is 2. The van der Waals surface area contributed by atoms with E-state index in [-0.39, 0.29) is 5.91 Å². The molecule has 6 heteroatoms. The molecule has 0 bridgehead atoms. The van der Waals surface area contributed by atoms with Gasteiger partial charge in [-0.25, -0.2) is 0 Å². The molecule has 0 aliphatic carbocycles. The predicted molar refractivity (Wildman–Crippen MR) is 88.2 cm³/mol. The first-order valence-corrected chi connectivity index (χ1v) is 7.69. The Morgan fingerprint density at radius 3 is 2.76 bits per heavy atom. The highest BCUT2D eigenvalue weighted by molar-refractivity contribution is 7.16. The van der Waals surface area contributed by atoms with Crippen molar-refractivity contribution in [3.05, 3.63) is 45.6 Å². The second-order valence-electron chi connectivity index (χ2n) is 4.51. The van der Waals surface area contributed by atoms with E-state index >= 15 is 0 Å². The quantitative estimate of drug-likeness (QED) is 0.844. The van der Waals surface area contributed by atoms with Crippen LogP contribution in [0.4, 0.5) is 11.4 Å². The molecule has 0 saturated heterocycles. The minimum atomic E-state index is -0.477. The van der Waals surface area contributed by atoms with Gasteiger partial charge >= 0.3 is 0 Å². The van der Waals surface area contributed by atoms with Crippen molar-refractivity contribution in [1.82, 2.24) is 0 Å². The standard InChI is InChI=1S/C15H17ClN2O2S/c1-10(20-2)15(19)18-12-5-3-4-11(8-12)17-9-13-6-7-14(16)21-13/h3-8,10,17H,9H2,1-2H3,(H,18,19)/t10-/m1/s1. The van der Waals surface area contributed by atoms with E-state index < -0.39 is 6.10 Å². The third kappa shape index (κ3) is 4.74. The normalized spacial score (nSPS) is 12.0. The highest BCUT2D eigenvalue weighted by atomic mass is 35.5. The van der Waals surface area contributed by atoms with Crippen LogP contribution in [0, 0.1) is 0 Å². The number of nitrogens with one attached hydrogen (secondary N) is 2. The smallest absolute Gasteiger partial charge is 0.253 e. The number of amides is 1. The molecule has 0 radical (unpaired) electrons. The first-order valence-electron chi connectivity index (χ1n) is 6.50. The van der Waals surface area contributed by atoms with E-state index in [1.807, 2.05) is 36.4 Å². The number of thiophene rings is 1. The van der Waals surface area contributed by atoms with E-state index in [0.29, 0.717) is 6.54 Å². The summed E-state index contributed by atoms with van der Waals surface area (Å²) >= 11 is 7.44. The van der Waals surface area contributed by atoms with Crippen LogP contribution in [-0.2, 0) is 16.1 Å². The van der Waals surface area contributed by atoms with Crippen LogP contribution in [0.15, 0.2) is 36.4 Å². The molecule has 1 atom stereocenters. The summed E-state index contributed by atoms with van der Waals surface area (Å²) in [6, 6.07) is 11.4. The van der Waals surface area contributed by atoms with Gasteiger partial charge in [-0.2, -0.15) is 0 Å². The summed E-state index contributed by atoms with van der Waals surface area (Å²) in [5, 5.41) is 6.11. The number of benzene rings is 1. The molecule has 4 nitrogen and oxygen atoms in total. The Hall–Kier alpha value is -1.56. The number of rotatable bonds is 6. The molecule has 0 aliphatic rings. The summed E-state index contributed by atoms with van der Waals surface area (Å²) in [7, 11) is 1.51. The van der Waals surface area contributed by atoms with Gasteiger partial charge in [-0.3, -0.25) is 4.79 Å². The number of carbonyl (C=O) groups excluding carboxylic acids is 1. The second kappa shape index (κ2) is 7.45. The summed E-state index contributed by atoms with van der Waals surface area (Å²) < 4.78 is 5.76. The van der Waals surface area contributed by atoms with Gasteiger partial charge in [0.05, 0.1) is 4.34 Å². The van der Waals surface area contributed by atoms with Crippen molar-refractivity contribution in [3.8, 4) is 0 Å². The minimum Gasteiger partial charge on any atom is -0.380 e. The molecule has 2 rings (SSSR count). The van der Waals surface area contributed by atoms with Crippen molar-refractivity contribution in [2.45, 2.75) is 19.6 Å². The van der Waals surface area contributed by atoms with Crippen molar-refractivity contribution in [1.29, 1.82) is 0 Å². The summed E-state index contributed by atoms with van der Waals surface area (Å²) in [5.41, 5.74) is 1.67. The third-order valence-electron chi connectivity index (χ3n) is 2.95. The maximum Gasteiger partial charge on any atom is 0.253 e. The van der Waals surface area contributed by atoms with E-state index in [1.54, 1.807) is 18.3 Å². The number of hydrogen-bond acceptors (Lipinski definition) is 4. The molecule has 0 unspecified atom stereocenters. The van der Waals surface area contributed by atoms with E-state index in [9.17, 15) is 4.79 Å². The number of hydrogen-bond donors (Lipinski definition) is 2. The lowest BCUT2D eigenvalue weighted by molar-refractivity contribution is -0.124. The molecular formula is C15H17ClN2O2S. The van der Waals surface area contributed by atoms with Crippen molar-refractivity contribution >= 4 is 40.2 Å². The number of methoxy groups -OCH3 is 1. The highest BCUT2D eigenvalue weighted by Gasteiger charge is 2.11. The zero-order chi connectivity index (χ0) is 15.2. The molecule has 1 heterocycles. The van der Waals surface area contributed by atoms with E-state index in [0.717, 1.165) is 20.6 Å². The molecule has 1 aromatic heterocycles. The molecule has 1 aromatic carbocycles. The average Bonchev–Trinajstić information content (AvgIpc) is 2.90. The fourth-order valence-electron chi connectivity index (χ4n) is 1.69. The molecule has 21 heavy (non-hydrogen) atoms. The van der Waals surface area contributed by atoms with Crippen molar-refractivity contribution < 1.29 is 9.53 Å². The monoisotopic (exact) mass is 324 g/mol. The fourth-order valence-corrected chi connectivity index (χ4v) is 2.72. The van der Waals surface area contributed by atoms with Gasteiger partial charge in [0.1, 0.15) is 6.10 Å². The summed E-state index contributed by atoms with van der Waals surface area (Å²) in [6.45, 7) is 2.40. The summed E-state index contributed by atoms with van der Waals surface area (Å²) in [6.07, 6.45) is -0.477. The van der Waals surface area contributed by atoms with Gasteiger partial charge in [0, 0.05) is 29.9 Å². The van der Waals surface area contributed by atoms with Crippen molar-refractivity contribution in [3.63, 3.8) is 0 Å². The van der Waals surface area contributed by atoms with Crippen LogP contribution in [-0.4, -0.2) is 19.1 Å². The lowest BCUT2D eigenvalue weighted by atomic mass is 10.2. The largest absolute Gasteiger partial charge is 0.380 e. The third-order valence-corrected chi connectivity index (χ3v) is 4.18. The Kier molecular flexibility index (Phi) is 5.61. The van der Waals surface area contributed by atoms with Gasteiger partial charge in [-0.15, -0.1) is 11.3 Å². The van der Waals surface area contributed by atoms with Crippen LogP contribution in [0.3, 0.4) is 0 Å². The number of halogens is 1. The topological polar surface area (TPSA) is 50.4 Å². The Labute approximate surface area is 133 Å². The van der Waals surface area contributed by atoms with E-state index in [1.165, 1.54) is 7.11 Å². The van der Waals surface area contributed by atoms with Crippen molar-refractivity contribution in [2.24, 2.45) is 0 Å². The SMILES string of the molecule is CO[C@H](C)C(=O)Nc1cccc(NCc2ccc(Cl)s2)c1. The molecule has 112 valence electrons. The number of ether oxygens (including phenoxy) is 1. The maximum absolute atomic E-state index is 11.8. The maximum atomic E-state index is 11.8. The minimum absolute atomic E-state index is 0.167. The highest BCUT2D eigenvalue weighted by Crippen LogP contribution is 2.23. The van der Waals surface area contributed by atoms with E-state index in [2.05, 4.69) is 10.6 Å². The zero-order valence-electron chi connectivity index (χ0n) is 11.9. The van der Waals surface area contributed by atoms with Crippen LogP contribution in [0.1, 0.15) is 11.8 Å². The van der Waals surface area contributed by atoms with Crippen LogP contribution >= 0.6 is 22.9 Å². The van der Waals surface area contributed by atoms with Crippen LogP contribution in [0.5, 0.6) is 0 Å². The number of carbonyl (C=O) groups is 1. The van der Waals surface area contributed by atoms with Gasteiger partial charge in [-0.05, 0) is 37.3 Å². The average molecular weight is 325 g/mol. The molecule has 0 spiro atoms. The van der Waals surface area contributed by atoms with Gasteiger partial charge in [0.2, 0.25) is 0 Å². The molecule has 0 aliphatic heterocycles. The molecule has 2 N–H and O–H groups in total. The summed E-state index contributed by atoms with van der Waals surface area (Å²) in [5.74, 6) is -0.167. The van der Waals surface area contributed by atoms with Crippen LogP contribution < -0.4 is 10.6 Å². The van der Waals surface area contributed by atoms with Gasteiger partial charge in [0.25, 0.3) is 5.91 Å². The predicted octanol–water partition coefficient (Wildman–Crippen LogP) is 3.99. The van der Waals surface area contributed by atoms with Crippen LogP contribution in [0.2, 0.25) is 4.34 Å². The van der Waals surface area contributed by atoms with E-state index in [4.69, 9.17) is 16.3 Å². The Morgan fingerprint density at radius 1 is 1.33 bits per heavy atom. The lowest BCUT2D eigenvalue weighted by Gasteiger charge is -2.12. The molecular weight excluding hydrogens is 308 g/mol. The Bertz CT molecular complexity index is 615. The zero-order valence-corrected chi connectivity index (χ0v) is 13.4. The van der Waals surface area contributed by atoms with Crippen molar-refractivity contribution in [2.75, 3.05) is 17.7 Å². The molecule has 0 saturated carbocycles. The molecule has 2 aromatic rings. The van der Waals surface area contributed by atoms with Gasteiger partial charge in [0.15, 0.2) is 0 Å². The Balaban J connectivity index is 1.95. The molecule has 0 fully saturated rings. The van der Waals surface area contributed by atoms with Crippen LogP contribution in [0.25, 0.3) is 0 Å². The van der Waals surface area contributed by atoms with Gasteiger partial charge in [-0.1, -0.05) is 17.7 Å². The first-order chi connectivity index (χ1) is 10.1. The first kappa shape index (κ1) is 15.8. The van der Waals surface area contributed by atoms with Gasteiger partial charge < -0.3 is 15.4 Å².